The molecule has 0 amide bonds. The molecule has 0 saturated heterocycles. The molecule has 0 atom stereocenters. The molecule has 1 aliphatic rings. The molecule has 3 rings (SSSR count). The smallest absolute Gasteiger partial charge is 0.360 e. The van der Waals surface area contributed by atoms with Crippen molar-refractivity contribution in [1.82, 2.24) is 0 Å². The Labute approximate surface area is 133 Å². The standard InChI is InChI=1S/C19H16F3N/c20-19(21,22)17-11-3-1-7-15(17)9-5-13-23-14-6-10-16-8-2-4-12-18(16)23/h1-4,7-8,11-12H,6,10,13-14H2. The average Bonchev–Trinajstić information content (AvgIpc) is 2.55. The number of benzene rings is 2. The first-order chi connectivity index (χ1) is 11.1. The maximum atomic E-state index is 12.9. The number of hydrogen-bond donors (Lipinski definition) is 0. The predicted octanol–water partition coefficient (Wildman–Crippen LogP) is 4.51. The van der Waals surface area contributed by atoms with Crippen LogP contribution in [0.3, 0.4) is 0 Å². The molecule has 1 heterocycles. The Morgan fingerprint density at radius 3 is 2.57 bits per heavy atom. The SMILES string of the molecule is FC(F)(F)c1ccccc1C#CCN1CCCc2ccccc21. The first-order valence-electron chi connectivity index (χ1n) is 7.53. The number of rotatable bonds is 1. The number of aryl methyl sites for hydroxylation is 1. The second-order valence-electron chi connectivity index (χ2n) is 5.50. The quantitative estimate of drug-likeness (QED) is 0.700. The summed E-state index contributed by atoms with van der Waals surface area (Å²) in [5, 5.41) is 0. The summed E-state index contributed by atoms with van der Waals surface area (Å²) >= 11 is 0. The normalized spacial score (nSPS) is 14.0. The minimum Gasteiger partial charge on any atom is -0.360 e. The van der Waals surface area contributed by atoms with Crippen molar-refractivity contribution in [3.63, 3.8) is 0 Å². The number of alkyl halides is 3. The van der Waals surface area contributed by atoms with Crippen LogP contribution in [0.4, 0.5) is 18.9 Å². The Morgan fingerprint density at radius 2 is 1.74 bits per heavy atom. The molecule has 0 N–H and O–H groups in total. The van der Waals surface area contributed by atoms with Gasteiger partial charge in [-0.05, 0) is 36.6 Å². The first kappa shape index (κ1) is 15.5. The maximum absolute atomic E-state index is 12.9. The van der Waals surface area contributed by atoms with Crippen LogP contribution < -0.4 is 4.90 Å². The summed E-state index contributed by atoms with van der Waals surface area (Å²) < 4.78 is 38.8. The molecule has 0 spiro atoms. The summed E-state index contributed by atoms with van der Waals surface area (Å²) in [5.41, 5.74) is 1.77. The van der Waals surface area contributed by atoms with Gasteiger partial charge in [-0.15, -0.1) is 0 Å². The van der Waals surface area contributed by atoms with Crippen molar-refractivity contribution in [3.8, 4) is 11.8 Å². The zero-order valence-corrected chi connectivity index (χ0v) is 12.5. The van der Waals surface area contributed by atoms with E-state index >= 15 is 0 Å². The molecule has 0 unspecified atom stereocenters. The maximum Gasteiger partial charge on any atom is 0.417 e. The Kier molecular flexibility index (Phi) is 4.29. The number of anilines is 1. The Balaban J connectivity index is 1.80. The van der Waals surface area contributed by atoms with Gasteiger partial charge >= 0.3 is 6.18 Å². The van der Waals surface area contributed by atoms with Crippen LogP contribution >= 0.6 is 0 Å². The van der Waals surface area contributed by atoms with Gasteiger partial charge in [0, 0.05) is 17.8 Å². The van der Waals surface area contributed by atoms with Crippen molar-refractivity contribution in [2.75, 3.05) is 18.0 Å². The van der Waals surface area contributed by atoms with Gasteiger partial charge in [0.25, 0.3) is 0 Å². The van der Waals surface area contributed by atoms with E-state index < -0.39 is 11.7 Å². The fraction of sp³-hybridized carbons (Fsp3) is 0.263. The molecule has 4 heteroatoms. The van der Waals surface area contributed by atoms with Crippen LogP contribution in [0, 0.1) is 11.8 Å². The van der Waals surface area contributed by atoms with E-state index in [9.17, 15) is 13.2 Å². The van der Waals surface area contributed by atoms with E-state index in [0.717, 1.165) is 31.1 Å². The molecule has 0 radical (unpaired) electrons. The Bertz CT molecular complexity index is 753. The number of fused-ring (bicyclic) bond motifs is 1. The summed E-state index contributed by atoms with van der Waals surface area (Å²) in [6.07, 6.45) is -2.29. The summed E-state index contributed by atoms with van der Waals surface area (Å²) in [6, 6.07) is 13.6. The lowest BCUT2D eigenvalue weighted by molar-refractivity contribution is -0.137. The molecular formula is C19H16F3N. The van der Waals surface area contributed by atoms with Crippen LogP contribution in [0.2, 0.25) is 0 Å². The number of nitrogens with zero attached hydrogens (tertiary/aromatic N) is 1. The molecule has 0 aliphatic carbocycles. The summed E-state index contributed by atoms with van der Waals surface area (Å²) in [7, 11) is 0. The van der Waals surface area contributed by atoms with Gasteiger partial charge < -0.3 is 4.90 Å². The molecule has 1 nitrogen and oxygen atoms in total. The zero-order chi connectivity index (χ0) is 16.3. The average molecular weight is 315 g/mol. The van der Waals surface area contributed by atoms with Gasteiger partial charge in [-0.1, -0.05) is 42.2 Å². The van der Waals surface area contributed by atoms with Crippen molar-refractivity contribution >= 4 is 5.69 Å². The fourth-order valence-electron chi connectivity index (χ4n) is 2.85. The molecule has 0 fully saturated rings. The highest BCUT2D eigenvalue weighted by Crippen LogP contribution is 2.31. The van der Waals surface area contributed by atoms with Crippen molar-refractivity contribution < 1.29 is 13.2 Å². The number of halogens is 3. The Hall–Kier alpha value is -2.41. The highest BCUT2D eigenvalue weighted by Gasteiger charge is 2.32. The topological polar surface area (TPSA) is 3.24 Å². The van der Waals surface area contributed by atoms with Crippen molar-refractivity contribution in [2.45, 2.75) is 19.0 Å². The molecule has 0 bridgehead atoms. The molecule has 2 aromatic rings. The van der Waals surface area contributed by atoms with Crippen LogP contribution in [-0.4, -0.2) is 13.1 Å². The third-order valence-electron chi connectivity index (χ3n) is 3.93. The lowest BCUT2D eigenvalue weighted by Crippen LogP contribution is -2.29. The molecule has 0 saturated carbocycles. The highest BCUT2D eigenvalue weighted by atomic mass is 19.4. The molecule has 118 valence electrons. The van der Waals surface area contributed by atoms with Crippen LogP contribution in [0.25, 0.3) is 0 Å². The molecule has 0 aromatic heterocycles. The largest absolute Gasteiger partial charge is 0.417 e. The molecule has 1 aliphatic heterocycles. The van der Waals surface area contributed by atoms with E-state index in [4.69, 9.17) is 0 Å². The zero-order valence-electron chi connectivity index (χ0n) is 12.5. The third-order valence-corrected chi connectivity index (χ3v) is 3.93. The monoisotopic (exact) mass is 315 g/mol. The van der Waals surface area contributed by atoms with E-state index in [1.807, 2.05) is 18.2 Å². The summed E-state index contributed by atoms with van der Waals surface area (Å²) in [6.45, 7) is 1.32. The van der Waals surface area contributed by atoms with Crippen molar-refractivity contribution in [3.05, 3.63) is 65.2 Å². The minimum absolute atomic E-state index is 0.0327. The van der Waals surface area contributed by atoms with Gasteiger partial charge in [-0.25, -0.2) is 0 Å². The molecular weight excluding hydrogens is 299 g/mol. The second-order valence-corrected chi connectivity index (χ2v) is 5.50. The van der Waals surface area contributed by atoms with Gasteiger partial charge in [-0.3, -0.25) is 0 Å². The first-order valence-corrected chi connectivity index (χ1v) is 7.53. The number of para-hydroxylation sites is 1. The van der Waals surface area contributed by atoms with Gasteiger partial charge in [0.2, 0.25) is 0 Å². The van der Waals surface area contributed by atoms with Crippen LogP contribution in [0.1, 0.15) is 23.1 Å². The lowest BCUT2D eigenvalue weighted by Gasteiger charge is -2.29. The fourth-order valence-corrected chi connectivity index (χ4v) is 2.85. The lowest BCUT2D eigenvalue weighted by atomic mass is 10.0. The Morgan fingerprint density at radius 1 is 1.00 bits per heavy atom. The van der Waals surface area contributed by atoms with Gasteiger partial charge in [0.1, 0.15) is 0 Å². The second kappa shape index (κ2) is 6.37. The van der Waals surface area contributed by atoms with E-state index in [2.05, 4.69) is 22.8 Å². The van der Waals surface area contributed by atoms with Gasteiger partial charge in [0.05, 0.1) is 12.1 Å². The molecule has 23 heavy (non-hydrogen) atoms. The third kappa shape index (κ3) is 3.50. The summed E-state index contributed by atoms with van der Waals surface area (Å²) in [4.78, 5) is 2.13. The van der Waals surface area contributed by atoms with E-state index in [0.29, 0.717) is 6.54 Å². The predicted molar refractivity (Wildman–Crippen MR) is 85.3 cm³/mol. The van der Waals surface area contributed by atoms with Crippen LogP contribution in [0.5, 0.6) is 0 Å². The van der Waals surface area contributed by atoms with E-state index in [1.54, 1.807) is 6.07 Å². The van der Waals surface area contributed by atoms with Crippen LogP contribution in [0.15, 0.2) is 48.5 Å². The van der Waals surface area contributed by atoms with Gasteiger partial charge in [0.15, 0.2) is 0 Å². The van der Waals surface area contributed by atoms with E-state index in [1.165, 1.54) is 17.7 Å². The van der Waals surface area contributed by atoms with Gasteiger partial charge in [-0.2, -0.15) is 13.2 Å². The summed E-state index contributed by atoms with van der Waals surface area (Å²) in [5.74, 6) is 5.59. The highest BCUT2D eigenvalue weighted by molar-refractivity contribution is 5.56. The minimum atomic E-state index is -4.37. The van der Waals surface area contributed by atoms with E-state index in [-0.39, 0.29) is 5.56 Å². The number of hydrogen-bond acceptors (Lipinski definition) is 1. The van der Waals surface area contributed by atoms with Crippen molar-refractivity contribution in [1.29, 1.82) is 0 Å². The van der Waals surface area contributed by atoms with Crippen LogP contribution in [-0.2, 0) is 12.6 Å². The molecule has 2 aromatic carbocycles. The van der Waals surface area contributed by atoms with Crippen molar-refractivity contribution in [2.24, 2.45) is 0 Å².